The van der Waals surface area contributed by atoms with Gasteiger partial charge in [-0.05, 0) is 45.0 Å². The molecule has 0 atom stereocenters. The number of nitrogens with one attached hydrogen (secondary N) is 1. The van der Waals surface area contributed by atoms with Crippen LogP contribution in [0.2, 0.25) is 0 Å². The van der Waals surface area contributed by atoms with Crippen molar-refractivity contribution >= 4 is 5.91 Å². The van der Waals surface area contributed by atoms with Crippen LogP contribution in [-0.4, -0.2) is 66.2 Å². The lowest BCUT2D eigenvalue weighted by Gasteiger charge is -2.23. The van der Waals surface area contributed by atoms with Crippen molar-refractivity contribution < 1.29 is 14.3 Å². The molecule has 0 bridgehead atoms. The number of benzene rings is 1. The number of para-hydroxylation sites is 2. The van der Waals surface area contributed by atoms with Gasteiger partial charge in [-0.25, -0.2) is 4.68 Å². The fourth-order valence-electron chi connectivity index (χ4n) is 3.25. The summed E-state index contributed by atoms with van der Waals surface area (Å²) in [6, 6.07) is 7.76. The van der Waals surface area contributed by atoms with Gasteiger partial charge < -0.3 is 19.7 Å². The van der Waals surface area contributed by atoms with Crippen LogP contribution in [0, 0.1) is 6.92 Å². The van der Waals surface area contributed by atoms with Crippen LogP contribution in [0.1, 0.15) is 35.1 Å². The van der Waals surface area contributed by atoms with Gasteiger partial charge in [0.05, 0.1) is 25.4 Å². The largest absolute Gasteiger partial charge is 0.493 e. The van der Waals surface area contributed by atoms with Gasteiger partial charge in [0.2, 0.25) is 0 Å². The van der Waals surface area contributed by atoms with E-state index in [0.29, 0.717) is 36.4 Å². The van der Waals surface area contributed by atoms with Crippen molar-refractivity contribution in [1.29, 1.82) is 0 Å². The van der Waals surface area contributed by atoms with Crippen LogP contribution in [0.25, 0.3) is 0 Å². The number of methoxy groups -OCH3 is 1. The molecule has 3 rings (SSSR count). The van der Waals surface area contributed by atoms with E-state index in [1.165, 1.54) is 0 Å². The lowest BCUT2D eigenvalue weighted by Crippen LogP contribution is -2.32. The maximum absolute atomic E-state index is 12.7. The number of amides is 1. The van der Waals surface area contributed by atoms with Gasteiger partial charge in [0.1, 0.15) is 6.61 Å². The maximum Gasteiger partial charge on any atom is 0.276 e. The van der Waals surface area contributed by atoms with E-state index in [-0.39, 0.29) is 5.91 Å². The fraction of sp³-hybridized carbons (Fsp3) is 0.526. The Bertz CT molecular complexity index is 770. The zero-order chi connectivity index (χ0) is 19.2. The molecule has 1 fully saturated rings. The topological polar surface area (TPSA) is 81.5 Å². The number of piperidine rings is 1. The van der Waals surface area contributed by atoms with E-state index in [4.69, 9.17) is 9.47 Å². The first kappa shape index (κ1) is 19.2. The Hall–Kier alpha value is -2.61. The highest BCUT2D eigenvalue weighted by Crippen LogP contribution is 2.25. The molecular formula is C19H27N5O3. The molecule has 0 saturated carbocycles. The van der Waals surface area contributed by atoms with Crippen LogP contribution in [0.3, 0.4) is 0 Å². The zero-order valence-electron chi connectivity index (χ0n) is 16.1. The summed E-state index contributed by atoms with van der Waals surface area (Å²) in [5.41, 5.74) is 1.23. The molecule has 1 aromatic carbocycles. The molecule has 0 spiro atoms. The summed E-state index contributed by atoms with van der Waals surface area (Å²) < 4.78 is 12.9. The second-order valence-electron chi connectivity index (χ2n) is 6.68. The summed E-state index contributed by atoms with van der Waals surface area (Å²) in [7, 11) is 3.35. The molecule has 146 valence electrons. The molecule has 2 aromatic rings. The summed E-state index contributed by atoms with van der Waals surface area (Å²) in [5, 5.41) is 11.7. The van der Waals surface area contributed by atoms with E-state index in [9.17, 15) is 4.79 Å². The number of carbonyl (C=O) groups is 1. The molecule has 27 heavy (non-hydrogen) atoms. The van der Waals surface area contributed by atoms with Crippen molar-refractivity contribution in [3.05, 3.63) is 35.7 Å². The van der Waals surface area contributed by atoms with E-state index >= 15 is 0 Å². The van der Waals surface area contributed by atoms with Gasteiger partial charge in [0, 0.05) is 7.05 Å². The molecule has 1 N–H and O–H groups in total. The minimum atomic E-state index is -0.142. The first-order valence-electron chi connectivity index (χ1n) is 9.25. The molecule has 1 aliphatic rings. The summed E-state index contributed by atoms with van der Waals surface area (Å²) in [5.74, 6) is 1.19. The van der Waals surface area contributed by atoms with Gasteiger partial charge in [0.25, 0.3) is 5.91 Å². The minimum absolute atomic E-state index is 0.142. The van der Waals surface area contributed by atoms with Gasteiger partial charge in [-0.15, -0.1) is 5.10 Å². The van der Waals surface area contributed by atoms with E-state index in [1.54, 1.807) is 19.1 Å². The van der Waals surface area contributed by atoms with Gasteiger partial charge >= 0.3 is 0 Å². The van der Waals surface area contributed by atoms with E-state index in [2.05, 4.69) is 15.6 Å². The monoisotopic (exact) mass is 373 g/mol. The Morgan fingerprint density at radius 2 is 2.00 bits per heavy atom. The molecular weight excluding hydrogens is 346 g/mol. The Morgan fingerprint density at radius 3 is 2.70 bits per heavy atom. The predicted octanol–water partition coefficient (Wildman–Crippen LogP) is 1.67. The highest BCUT2D eigenvalue weighted by atomic mass is 16.5. The third-order valence-corrected chi connectivity index (χ3v) is 4.88. The number of aromatic nitrogens is 3. The summed E-state index contributed by atoms with van der Waals surface area (Å²) in [4.78, 5) is 14.4. The first-order valence-corrected chi connectivity index (χ1v) is 9.25. The molecule has 1 saturated heterocycles. The van der Waals surface area contributed by atoms with Gasteiger partial charge in [-0.2, -0.15) is 0 Å². The highest BCUT2D eigenvalue weighted by molar-refractivity contribution is 5.93. The number of nitrogens with zero attached hydrogens (tertiary/aromatic N) is 4. The normalized spacial score (nSPS) is 14.8. The van der Waals surface area contributed by atoms with Gasteiger partial charge in [-0.3, -0.25) is 4.79 Å². The minimum Gasteiger partial charge on any atom is -0.493 e. The van der Waals surface area contributed by atoms with Crippen molar-refractivity contribution in [2.24, 2.45) is 0 Å². The molecule has 0 radical (unpaired) electrons. The van der Waals surface area contributed by atoms with Crippen molar-refractivity contribution in [3.8, 4) is 11.5 Å². The summed E-state index contributed by atoms with van der Waals surface area (Å²) in [6.07, 6.45) is 2.00. The summed E-state index contributed by atoms with van der Waals surface area (Å²) >= 11 is 0. The van der Waals surface area contributed by atoms with E-state index in [0.717, 1.165) is 31.6 Å². The fourth-order valence-corrected chi connectivity index (χ4v) is 3.25. The molecule has 1 aliphatic heterocycles. The molecule has 1 amide bonds. The number of hydrogen-bond donors (Lipinski definition) is 1. The molecule has 8 heteroatoms. The number of likely N-dealkylation sites (N-methyl/N-ethyl adjacent to an activating group) is 1. The number of carbonyl (C=O) groups excluding carboxylic acids is 1. The average molecular weight is 373 g/mol. The van der Waals surface area contributed by atoms with Crippen LogP contribution in [0.4, 0.5) is 0 Å². The number of hydrogen-bond acceptors (Lipinski definition) is 6. The van der Waals surface area contributed by atoms with Crippen molar-refractivity contribution in [2.75, 3.05) is 40.4 Å². The smallest absolute Gasteiger partial charge is 0.276 e. The predicted molar refractivity (Wildman–Crippen MR) is 101 cm³/mol. The van der Waals surface area contributed by atoms with E-state index < -0.39 is 0 Å². The van der Waals surface area contributed by atoms with Crippen molar-refractivity contribution in [3.63, 3.8) is 0 Å². The SMILES string of the molecule is COc1ccccc1OCCN(C)C(=O)c1nnn(C2CCNCC2)c1C. The van der Waals surface area contributed by atoms with Gasteiger partial charge in [0.15, 0.2) is 17.2 Å². The lowest BCUT2D eigenvalue weighted by atomic mass is 10.1. The second kappa shape index (κ2) is 8.85. The molecule has 8 nitrogen and oxygen atoms in total. The second-order valence-corrected chi connectivity index (χ2v) is 6.68. The number of rotatable bonds is 7. The van der Waals surface area contributed by atoms with Crippen LogP contribution >= 0.6 is 0 Å². The van der Waals surface area contributed by atoms with Crippen LogP contribution in [0.15, 0.2) is 24.3 Å². The Labute approximate surface area is 159 Å². The third-order valence-electron chi connectivity index (χ3n) is 4.88. The molecule has 0 unspecified atom stereocenters. The van der Waals surface area contributed by atoms with Crippen LogP contribution in [-0.2, 0) is 0 Å². The highest BCUT2D eigenvalue weighted by Gasteiger charge is 2.24. The third kappa shape index (κ3) is 4.39. The van der Waals surface area contributed by atoms with E-state index in [1.807, 2.05) is 35.9 Å². The van der Waals surface area contributed by atoms with Crippen LogP contribution < -0.4 is 14.8 Å². The maximum atomic E-state index is 12.7. The Kier molecular flexibility index (Phi) is 6.28. The zero-order valence-corrected chi connectivity index (χ0v) is 16.1. The van der Waals surface area contributed by atoms with Gasteiger partial charge in [-0.1, -0.05) is 17.3 Å². The molecule has 1 aromatic heterocycles. The summed E-state index contributed by atoms with van der Waals surface area (Å²) in [6.45, 7) is 4.65. The van der Waals surface area contributed by atoms with Crippen LogP contribution in [0.5, 0.6) is 11.5 Å². The Balaban J connectivity index is 1.58. The average Bonchev–Trinajstić information content (AvgIpc) is 3.09. The molecule has 2 heterocycles. The Morgan fingerprint density at radius 1 is 1.30 bits per heavy atom. The first-order chi connectivity index (χ1) is 13.1. The number of ether oxygens (including phenoxy) is 2. The lowest BCUT2D eigenvalue weighted by molar-refractivity contribution is 0.0766. The van der Waals surface area contributed by atoms with Crippen molar-refractivity contribution in [1.82, 2.24) is 25.2 Å². The van der Waals surface area contributed by atoms with Crippen molar-refractivity contribution in [2.45, 2.75) is 25.8 Å². The molecule has 0 aliphatic carbocycles. The quantitative estimate of drug-likeness (QED) is 0.795. The standard InChI is InChI=1S/C19H27N5O3/c1-14-18(21-22-24(14)15-8-10-20-11-9-15)19(25)23(2)12-13-27-17-7-5-4-6-16(17)26-3/h4-7,15,20H,8-13H2,1-3H3.